The van der Waals surface area contributed by atoms with Gasteiger partial charge in [-0.3, -0.25) is 19.8 Å². The van der Waals surface area contributed by atoms with E-state index in [1.807, 2.05) is 18.2 Å². The molecule has 1 fully saturated rings. The topological polar surface area (TPSA) is 158 Å². The van der Waals surface area contributed by atoms with E-state index in [2.05, 4.69) is 10.6 Å². The highest BCUT2D eigenvalue weighted by atomic mass is 32.1. The molecule has 0 saturated carbocycles. The van der Waals surface area contributed by atoms with Crippen LogP contribution >= 0.6 is 11.3 Å². The number of halogens is 1. The molecular weight excluding hydrogens is 477 g/mol. The number of para-hydroxylation sites is 1. The number of nitrogen functional groups attached to an aromatic ring is 1. The third-order valence-corrected chi connectivity index (χ3v) is 6.33. The van der Waals surface area contributed by atoms with Crippen LogP contribution in [-0.2, 0) is 20.9 Å². The van der Waals surface area contributed by atoms with Crippen LogP contribution in [0.15, 0.2) is 41.8 Å². The third kappa shape index (κ3) is 7.23. The molecule has 1 aromatic carbocycles. The van der Waals surface area contributed by atoms with E-state index >= 15 is 0 Å². The molecular formula is C23H28FN5O5S. The zero-order valence-electron chi connectivity index (χ0n) is 18.9. The maximum Gasteiger partial charge on any atom is 0.245 e. The Morgan fingerprint density at radius 3 is 2.69 bits per heavy atom. The number of nitrogens with two attached hydrogens (primary N) is 1. The van der Waals surface area contributed by atoms with Crippen LogP contribution in [0, 0.1) is 5.41 Å². The Morgan fingerprint density at radius 1 is 1.26 bits per heavy atom. The minimum Gasteiger partial charge on any atom is -0.494 e. The number of hydrogen-bond acceptors (Lipinski definition) is 7. The number of nitrogens with one attached hydrogen (secondary N) is 3. The first kappa shape index (κ1) is 26.1. The number of benzene rings is 1. The van der Waals surface area contributed by atoms with Crippen molar-refractivity contribution in [2.45, 2.75) is 37.7 Å². The molecule has 3 atom stereocenters. The first-order valence-corrected chi connectivity index (χ1v) is 11.9. The molecule has 1 aliphatic heterocycles. The van der Waals surface area contributed by atoms with E-state index in [0.717, 1.165) is 4.90 Å². The summed E-state index contributed by atoms with van der Waals surface area (Å²) in [6, 6.07) is 9.37. The van der Waals surface area contributed by atoms with Crippen molar-refractivity contribution in [1.29, 1.82) is 5.41 Å². The molecule has 0 bridgehead atoms. The molecule has 6 N–H and O–H groups in total. The summed E-state index contributed by atoms with van der Waals surface area (Å²) >= 11 is 1.28. The Labute approximate surface area is 205 Å². The Hall–Kier alpha value is -3.51. The molecule has 1 saturated heterocycles. The van der Waals surface area contributed by atoms with Crippen molar-refractivity contribution in [2.75, 3.05) is 19.7 Å². The van der Waals surface area contributed by atoms with Crippen molar-refractivity contribution in [3.63, 3.8) is 0 Å². The summed E-state index contributed by atoms with van der Waals surface area (Å²) in [4.78, 5) is 39.0. The zero-order chi connectivity index (χ0) is 25.4. The highest BCUT2D eigenvalue weighted by molar-refractivity contribution is 7.10. The Balaban J connectivity index is 1.45. The van der Waals surface area contributed by atoms with Gasteiger partial charge < -0.3 is 31.1 Å². The summed E-state index contributed by atoms with van der Waals surface area (Å²) < 4.78 is 19.7. The second kappa shape index (κ2) is 12.3. The number of rotatable bonds is 11. The number of aliphatic hydroxyl groups is 1. The maximum atomic E-state index is 14.2. The number of thiophene rings is 1. The van der Waals surface area contributed by atoms with E-state index in [0.29, 0.717) is 29.2 Å². The number of carbonyl (C=O) groups excluding carboxylic acids is 3. The van der Waals surface area contributed by atoms with Crippen LogP contribution in [0.25, 0.3) is 0 Å². The molecule has 0 spiro atoms. The van der Waals surface area contributed by atoms with Crippen LogP contribution in [-0.4, -0.2) is 71.6 Å². The van der Waals surface area contributed by atoms with Crippen molar-refractivity contribution in [1.82, 2.24) is 15.5 Å². The molecule has 1 aliphatic rings. The number of carbonyl (C=O) groups is 3. The number of amidine groups is 1. The summed E-state index contributed by atoms with van der Waals surface area (Å²) in [6.45, 7) is -0.477. The molecule has 10 nitrogen and oxygen atoms in total. The minimum absolute atomic E-state index is 0.0702. The van der Waals surface area contributed by atoms with Gasteiger partial charge in [0, 0.05) is 22.2 Å². The number of hydrogen-bond donors (Lipinski definition) is 5. The number of likely N-dealkylation sites (tertiary alicyclic amines) is 1. The van der Waals surface area contributed by atoms with Gasteiger partial charge in [0.05, 0.1) is 26.2 Å². The molecule has 2 aromatic rings. The van der Waals surface area contributed by atoms with E-state index in [1.54, 1.807) is 23.6 Å². The molecule has 1 aromatic heterocycles. The van der Waals surface area contributed by atoms with Crippen LogP contribution in [0.1, 0.15) is 23.3 Å². The molecule has 35 heavy (non-hydrogen) atoms. The number of aliphatic hydroxyl groups excluding tert-OH is 1. The van der Waals surface area contributed by atoms with Gasteiger partial charge >= 0.3 is 0 Å². The summed E-state index contributed by atoms with van der Waals surface area (Å²) in [6.07, 6.45) is -2.91. The average Bonchev–Trinajstić information content (AvgIpc) is 3.44. The molecule has 0 unspecified atom stereocenters. The predicted molar refractivity (Wildman–Crippen MR) is 128 cm³/mol. The first-order valence-electron chi connectivity index (χ1n) is 11.0. The molecule has 2 heterocycles. The molecule has 188 valence electrons. The lowest BCUT2D eigenvalue weighted by Gasteiger charge is -2.25. The fourth-order valence-corrected chi connectivity index (χ4v) is 4.37. The van der Waals surface area contributed by atoms with Gasteiger partial charge in [-0.15, -0.1) is 11.3 Å². The van der Waals surface area contributed by atoms with Crippen molar-refractivity contribution >= 4 is 34.9 Å². The molecule has 0 aliphatic carbocycles. The summed E-state index contributed by atoms with van der Waals surface area (Å²) in [7, 11) is 0. The average molecular weight is 506 g/mol. The number of ether oxygens (including phenoxy) is 1. The predicted octanol–water partition coefficient (Wildman–Crippen LogP) is 0.534. The van der Waals surface area contributed by atoms with E-state index in [1.165, 1.54) is 11.3 Å². The van der Waals surface area contributed by atoms with Crippen molar-refractivity contribution in [2.24, 2.45) is 5.73 Å². The largest absolute Gasteiger partial charge is 0.494 e. The first-order chi connectivity index (χ1) is 16.8. The smallest absolute Gasteiger partial charge is 0.245 e. The second-order valence-electron chi connectivity index (χ2n) is 7.97. The van der Waals surface area contributed by atoms with E-state index in [9.17, 15) is 23.9 Å². The number of alkyl halides is 1. The molecule has 3 rings (SSSR count). The van der Waals surface area contributed by atoms with Crippen LogP contribution in [0.3, 0.4) is 0 Å². The van der Waals surface area contributed by atoms with Gasteiger partial charge in [-0.05, 0) is 24.6 Å². The maximum absolute atomic E-state index is 14.2. The number of nitrogens with zero attached hydrogens (tertiary/aromatic N) is 1. The lowest BCUT2D eigenvalue weighted by molar-refractivity contribution is -0.140. The van der Waals surface area contributed by atoms with E-state index in [4.69, 9.17) is 15.9 Å². The van der Waals surface area contributed by atoms with Gasteiger partial charge in [0.15, 0.2) is 0 Å². The van der Waals surface area contributed by atoms with Crippen LogP contribution in [0.2, 0.25) is 0 Å². The summed E-state index contributed by atoms with van der Waals surface area (Å²) in [5.74, 6) is -1.18. The van der Waals surface area contributed by atoms with Crippen LogP contribution in [0.5, 0.6) is 5.75 Å². The lowest BCUT2D eigenvalue weighted by Crippen LogP contribution is -2.52. The fourth-order valence-electron chi connectivity index (χ4n) is 3.54. The monoisotopic (exact) mass is 505 g/mol. The van der Waals surface area contributed by atoms with Crippen LogP contribution < -0.4 is 21.1 Å². The zero-order valence-corrected chi connectivity index (χ0v) is 19.7. The summed E-state index contributed by atoms with van der Waals surface area (Å²) in [5, 5.41) is 24.3. The van der Waals surface area contributed by atoms with E-state index in [-0.39, 0.29) is 24.7 Å². The highest BCUT2D eigenvalue weighted by Gasteiger charge is 2.47. The molecule has 3 amide bonds. The number of amides is 3. The van der Waals surface area contributed by atoms with Crippen LogP contribution in [0.4, 0.5) is 4.39 Å². The Morgan fingerprint density at radius 2 is 2.00 bits per heavy atom. The lowest BCUT2D eigenvalue weighted by atomic mass is 10.1. The van der Waals surface area contributed by atoms with Gasteiger partial charge in [0.1, 0.15) is 29.9 Å². The second-order valence-corrected chi connectivity index (χ2v) is 8.97. The van der Waals surface area contributed by atoms with E-state index < -0.39 is 43.2 Å². The molecule has 0 radical (unpaired) electrons. The van der Waals surface area contributed by atoms with Gasteiger partial charge in [-0.1, -0.05) is 18.2 Å². The van der Waals surface area contributed by atoms with Crippen molar-refractivity contribution in [3.8, 4) is 5.75 Å². The Kier molecular flexibility index (Phi) is 9.15. The highest BCUT2D eigenvalue weighted by Crippen LogP contribution is 2.22. The van der Waals surface area contributed by atoms with Gasteiger partial charge in [-0.2, -0.15) is 0 Å². The third-order valence-electron chi connectivity index (χ3n) is 5.39. The fraction of sp³-hybridized carbons (Fsp3) is 0.391. The van der Waals surface area contributed by atoms with Crippen molar-refractivity contribution < 1.29 is 28.6 Å². The summed E-state index contributed by atoms with van der Waals surface area (Å²) in [5.41, 5.74) is 5.94. The van der Waals surface area contributed by atoms with Gasteiger partial charge in [0.25, 0.3) is 0 Å². The normalized spacial score (nSPS) is 19.3. The minimum atomic E-state index is -1.79. The Bertz CT molecular complexity index is 1050. The molecule has 12 heteroatoms. The quantitative estimate of drug-likeness (QED) is 0.170. The van der Waals surface area contributed by atoms with Gasteiger partial charge in [-0.25, -0.2) is 4.39 Å². The SMILES string of the molecule is N=C(N)c1csc(CNC(=O)[C@@H]2[C@H](O)[C@@H](F)CN2C(=O)CNC(=O)CCCOc2ccccc2)c1. The van der Waals surface area contributed by atoms with Crippen molar-refractivity contribution in [3.05, 3.63) is 52.2 Å². The van der Waals surface area contributed by atoms with Gasteiger partial charge in [0.2, 0.25) is 17.7 Å². The standard InChI is InChI=1S/C23H28FN5O5S/c24-17-12-29(19(31)11-27-18(30)7-4-8-34-15-5-2-1-3-6-15)20(21(17)32)23(33)28-10-16-9-14(13-35-16)22(25)26/h1-3,5-6,9,13,17,20-21,32H,4,7-8,10-12H2,(H3,25,26)(H,27,30)(H,28,33)/t17-,20-,21+/m0/s1.